The fourth-order valence-corrected chi connectivity index (χ4v) is 6.33. The number of rotatable bonds is 15. The predicted octanol–water partition coefficient (Wildman–Crippen LogP) is 8.64. The lowest BCUT2D eigenvalue weighted by molar-refractivity contribution is 0.0116. The van der Waals surface area contributed by atoms with Crippen LogP contribution in [-0.4, -0.2) is 61.6 Å². The van der Waals surface area contributed by atoms with E-state index in [2.05, 4.69) is 44.4 Å². The zero-order valence-electron chi connectivity index (χ0n) is 28.0. The number of ether oxygens (including phenoxy) is 3. The minimum absolute atomic E-state index is 0.00479. The van der Waals surface area contributed by atoms with Crippen molar-refractivity contribution in [2.24, 2.45) is 10.8 Å². The Morgan fingerprint density at radius 1 is 0.870 bits per heavy atom. The molecule has 46 heavy (non-hydrogen) atoms. The van der Waals surface area contributed by atoms with Crippen LogP contribution >= 0.6 is 23.2 Å². The zero-order chi connectivity index (χ0) is 33.3. The highest BCUT2D eigenvalue weighted by molar-refractivity contribution is 6.43. The van der Waals surface area contributed by atoms with Crippen LogP contribution in [0.4, 0.5) is 10.5 Å². The molecule has 1 aliphatic heterocycles. The van der Waals surface area contributed by atoms with E-state index in [0.29, 0.717) is 27.9 Å². The van der Waals surface area contributed by atoms with Crippen molar-refractivity contribution >= 4 is 45.9 Å². The molecule has 1 aromatic heterocycles. The van der Waals surface area contributed by atoms with Crippen LogP contribution in [0.2, 0.25) is 10.0 Å². The van der Waals surface area contributed by atoms with Crippen molar-refractivity contribution in [2.45, 2.75) is 73.5 Å². The molecule has 0 N–H and O–H groups in total. The maximum atomic E-state index is 12.7. The molecule has 3 aromatic rings. The van der Waals surface area contributed by atoms with Gasteiger partial charge in [0.1, 0.15) is 5.75 Å². The van der Waals surface area contributed by atoms with Crippen LogP contribution in [0.1, 0.15) is 66.7 Å². The Balaban J connectivity index is 1.22. The maximum Gasteiger partial charge on any atom is 0.510 e. The molecule has 0 spiro atoms. The molecule has 1 aliphatic rings. The van der Waals surface area contributed by atoms with Crippen LogP contribution in [0, 0.1) is 10.8 Å². The number of anilines is 1. The molecule has 0 aliphatic carbocycles. The second kappa shape index (κ2) is 16.2. The molecule has 2 aromatic carbocycles. The Kier molecular flexibility index (Phi) is 12.7. The first-order chi connectivity index (χ1) is 21.9. The molecule has 8 nitrogen and oxygen atoms in total. The maximum absolute atomic E-state index is 12.7. The average Bonchev–Trinajstić information content (AvgIpc) is 3.02. The second-order valence-electron chi connectivity index (χ2n) is 13.4. The number of halogens is 2. The Morgan fingerprint density at radius 3 is 2.33 bits per heavy atom. The number of hydrogen-bond donors (Lipinski definition) is 0. The third kappa shape index (κ3) is 9.33. The third-order valence-corrected chi connectivity index (χ3v) is 10.5. The van der Waals surface area contributed by atoms with E-state index < -0.39 is 6.16 Å². The molecular formula is C36H49Cl2N3O5. The van der Waals surface area contributed by atoms with Crippen molar-refractivity contribution in [3.8, 4) is 5.75 Å². The van der Waals surface area contributed by atoms with E-state index in [9.17, 15) is 9.59 Å². The number of nitrogens with zero attached hydrogens (tertiary/aromatic N) is 3. The normalized spacial score (nSPS) is 14.5. The Hall–Kier alpha value is -2.94. The first-order valence-electron chi connectivity index (χ1n) is 16.4. The zero-order valence-corrected chi connectivity index (χ0v) is 29.5. The summed E-state index contributed by atoms with van der Waals surface area (Å²) in [5.41, 5.74) is 1.48. The summed E-state index contributed by atoms with van der Waals surface area (Å²) in [5.74, 6) is 0.665. The summed E-state index contributed by atoms with van der Waals surface area (Å²) in [5, 5.41) is 2.05. The Labute approximate surface area is 283 Å². The van der Waals surface area contributed by atoms with Crippen LogP contribution in [0.3, 0.4) is 0 Å². The standard InChI is InChI=1S/C36H49Cl2N3O5/c1-6-16-35(2,3)36(4,5)17-24-45-34(43)46-26-41-31-25-28(14-12-27(31)13-15-32(41)42)44-23-8-7-18-39-19-21-40(22-20-39)30-11-9-10-29(37)33(30)38/h9-15,25H,6-8,16-24,26H2,1-5H3. The van der Waals surface area contributed by atoms with Gasteiger partial charge in [-0.1, -0.05) is 70.3 Å². The quantitative estimate of drug-likeness (QED) is 0.118. The number of aromatic nitrogens is 1. The van der Waals surface area contributed by atoms with Gasteiger partial charge in [0.25, 0.3) is 5.56 Å². The molecule has 0 saturated carbocycles. The largest absolute Gasteiger partial charge is 0.510 e. The summed E-state index contributed by atoms with van der Waals surface area (Å²) < 4.78 is 18.2. The van der Waals surface area contributed by atoms with E-state index in [0.717, 1.165) is 75.9 Å². The molecule has 0 unspecified atom stereocenters. The van der Waals surface area contributed by atoms with Crippen molar-refractivity contribution in [1.29, 1.82) is 0 Å². The monoisotopic (exact) mass is 673 g/mol. The van der Waals surface area contributed by atoms with Gasteiger partial charge in [0, 0.05) is 38.3 Å². The molecule has 4 rings (SSSR count). The van der Waals surface area contributed by atoms with Crippen LogP contribution < -0.4 is 15.2 Å². The first kappa shape index (κ1) is 35.9. The number of piperazine rings is 1. The molecular weight excluding hydrogens is 625 g/mol. The highest BCUT2D eigenvalue weighted by Gasteiger charge is 2.36. The summed E-state index contributed by atoms with van der Waals surface area (Å²) in [6, 6.07) is 14.6. The molecule has 0 radical (unpaired) electrons. The minimum atomic E-state index is -0.782. The lowest BCUT2D eigenvalue weighted by atomic mass is 9.64. The number of benzene rings is 2. The van der Waals surface area contributed by atoms with E-state index >= 15 is 0 Å². The van der Waals surface area contributed by atoms with Crippen LogP contribution in [-0.2, 0) is 16.2 Å². The summed E-state index contributed by atoms with van der Waals surface area (Å²) in [6.45, 7) is 16.4. The first-order valence-corrected chi connectivity index (χ1v) is 17.1. The van der Waals surface area contributed by atoms with Crippen molar-refractivity contribution in [3.05, 3.63) is 68.9 Å². The van der Waals surface area contributed by atoms with Gasteiger partial charge in [-0.3, -0.25) is 14.3 Å². The van der Waals surface area contributed by atoms with Crippen LogP contribution in [0.25, 0.3) is 10.9 Å². The Morgan fingerprint density at radius 2 is 1.59 bits per heavy atom. The van der Waals surface area contributed by atoms with Crippen molar-refractivity contribution < 1.29 is 19.0 Å². The fraction of sp³-hybridized carbons (Fsp3) is 0.556. The summed E-state index contributed by atoms with van der Waals surface area (Å²) in [6.07, 6.45) is 4.06. The topological polar surface area (TPSA) is 73.2 Å². The van der Waals surface area contributed by atoms with E-state index in [-0.39, 0.29) is 29.7 Å². The van der Waals surface area contributed by atoms with E-state index in [1.165, 1.54) is 10.6 Å². The summed E-state index contributed by atoms with van der Waals surface area (Å²) in [4.78, 5) is 29.9. The molecule has 0 atom stereocenters. The Bertz CT molecular complexity index is 1520. The van der Waals surface area contributed by atoms with Crippen molar-refractivity contribution in [2.75, 3.05) is 50.8 Å². The van der Waals surface area contributed by atoms with Gasteiger partial charge in [-0.25, -0.2) is 4.79 Å². The highest BCUT2D eigenvalue weighted by atomic mass is 35.5. The highest BCUT2D eigenvalue weighted by Crippen LogP contribution is 2.44. The number of carbonyl (C=O) groups excluding carboxylic acids is 1. The molecule has 0 amide bonds. The molecule has 252 valence electrons. The van der Waals surface area contributed by atoms with Gasteiger partial charge < -0.3 is 19.1 Å². The van der Waals surface area contributed by atoms with Gasteiger partial charge in [0.15, 0.2) is 6.73 Å². The molecule has 0 bridgehead atoms. The van der Waals surface area contributed by atoms with Crippen LogP contribution in [0.5, 0.6) is 5.75 Å². The molecule has 10 heteroatoms. The van der Waals surface area contributed by atoms with Gasteiger partial charge in [0.2, 0.25) is 0 Å². The second-order valence-corrected chi connectivity index (χ2v) is 14.2. The van der Waals surface area contributed by atoms with Gasteiger partial charge >= 0.3 is 6.16 Å². The van der Waals surface area contributed by atoms with Gasteiger partial charge in [-0.15, -0.1) is 0 Å². The third-order valence-electron chi connectivity index (χ3n) is 9.71. The number of hydrogen-bond acceptors (Lipinski definition) is 7. The summed E-state index contributed by atoms with van der Waals surface area (Å²) in [7, 11) is 0. The SMILES string of the molecule is CCCC(C)(C)C(C)(C)CCOC(=O)OCn1c(=O)ccc2ccc(OCCCCN3CCN(c4cccc(Cl)c4Cl)CC3)cc21. The number of pyridine rings is 1. The predicted molar refractivity (Wildman–Crippen MR) is 188 cm³/mol. The van der Waals surface area contributed by atoms with Gasteiger partial charge in [-0.05, 0) is 78.8 Å². The van der Waals surface area contributed by atoms with E-state index in [1.54, 1.807) is 6.07 Å². The lowest BCUT2D eigenvalue weighted by Crippen LogP contribution is -2.46. The fourth-order valence-electron chi connectivity index (χ4n) is 5.92. The number of unbranched alkanes of at least 4 members (excludes halogenated alkanes) is 1. The van der Waals surface area contributed by atoms with Gasteiger partial charge in [0.05, 0.1) is 34.5 Å². The molecule has 1 saturated heterocycles. The lowest BCUT2D eigenvalue weighted by Gasteiger charge is -2.41. The molecule has 1 fully saturated rings. The van der Waals surface area contributed by atoms with Gasteiger partial charge in [-0.2, -0.15) is 0 Å². The molecule has 2 heterocycles. The minimum Gasteiger partial charge on any atom is -0.494 e. The summed E-state index contributed by atoms with van der Waals surface area (Å²) >= 11 is 12.6. The van der Waals surface area contributed by atoms with E-state index in [4.69, 9.17) is 37.4 Å². The van der Waals surface area contributed by atoms with E-state index in [1.807, 2.05) is 36.4 Å². The van der Waals surface area contributed by atoms with Crippen molar-refractivity contribution in [3.63, 3.8) is 0 Å². The van der Waals surface area contributed by atoms with Crippen LogP contribution in [0.15, 0.2) is 53.3 Å². The number of carbonyl (C=O) groups is 1. The van der Waals surface area contributed by atoms with Crippen molar-refractivity contribution in [1.82, 2.24) is 9.47 Å². The average molecular weight is 675 g/mol. The smallest absolute Gasteiger partial charge is 0.494 e. The number of fused-ring (bicyclic) bond motifs is 1.